The molecule has 1 N–H and O–H groups in total. The van der Waals surface area contributed by atoms with E-state index in [2.05, 4.69) is 48.7 Å². The number of anilines is 1. The first-order chi connectivity index (χ1) is 10.1. The number of aryl methyl sites for hydroxylation is 1. The van der Waals surface area contributed by atoms with Crippen LogP contribution in [0.25, 0.3) is 0 Å². The van der Waals surface area contributed by atoms with Crippen LogP contribution in [0, 0.1) is 6.92 Å². The number of hydrogen-bond donors (Lipinski definition) is 1. The van der Waals surface area contributed by atoms with Gasteiger partial charge in [-0.2, -0.15) is 0 Å². The van der Waals surface area contributed by atoms with Crippen LogP contribution >= 0.6 is 0 Å². The molecule has 0 bridgehead atoms. The third-order valence-corrected chi connectivity index (χ3v) is 4.68. The van der Waals surface area contributed by atoms with Crippen LogP contribution in [-0.4, -0.2) is 40.1 Å². The molecule has 1 aliphatic rings. The number of rotatable bonds is 7. The molecule has 1 saturated carbocycles. The lowest BCUT2D eigenvalue weighted by atomic mass is 9.96. The van der Waals surface area contributed by atoms with E-state index in [1.807, 2.05) is 0 Å². The van der Waals surface area contributed by atoms with Crippen LogP contribution in [0.2, 0.25) is 0 Å². The third-order valence-electron chi connectivity index (χ3n) is 4.68. The lowest BCUT2D eigenvalue weighted by Gasteiger charge is -2.27. The summed E-state index contributed by atoms with van der Waals surface area (Å²) in [6.07, 6.45) is 8.87. The maximum absolute atomic E-state index is 4.72. The van der Waals surface area contributed by atoms with Gasteiger partial charge in [-0.1, -0.05) is 33.1 Å². The van der Waals surface area contributed by atoms with Gasteiger partial charge in [0.1, 0.15) is 0 Å². The van der Waals surface area contributed by atoms with E-state index in [1.165, 1.54) is 32.1 Å². The molecule has 1 heterocycles. The summed E-state index contributed by atoms with van der Waals surface area (Å²) in [6.45, 7) is 12.2. The molecule has 1 atom stereocenters. The smallest absolute Gasteiger partial charge is 0.203 e. The monoisotopic (exact) mass is 292 g/mol. The summed E-state index contributed by atoms with van der Waals surface area (Å²) in [6, 6.07) is 1.07. The minimum atomic E-state index is 0.456. The molecule has 21 heavy (non-hydrogen) atoms. The standard InChI is InChI=1S/C17H32N4/c1-5-20(6-2)13-15(4)21-12-14(3)18-17(21)19-16-10-8-7-9-11-16/h12,15-16H,5-11,13H2,1-4H3,(H,18,19). The van der Waals surface area contributed by atoms with Crippen LogP contribution < -0.4 is 5.32 Å². The molecule has 0 saturated heterocycles. The second kappa shape index (κ2) is 7.83. The van der Waals surface area contributed by atoms with Gasteiger partial charge in [0.05, 0.1) is 5.69 Å². The van der Waals surface area contributed by atoms with Gasteiger partial charge in [-0.3, -0.25) is 0 Å². The second-order valence-corrected chi connectivity index (χ2v) is 6.43. The zero-order valence-electron chi connectivity index (χ0n) is 14.2. The summed E-state index contributed by atoms with van der Waals surface area (Å²) in [7, 11) is 0. The first kappa shape index (κ1) is 16.3. The van der Waals surface area contributed by atoms with Crippen molar-refractivity contribution in [1.29, 1.82) is 0 Å². The number of aromatic nitrogens is 2. The Bertz CT molecular complexity index is 416. The van der Waals surface area contributed by atoms with Crippen molar-refractivity contribution in [3.63, 3.8) is 0 Å². The van der Waals surface area contributed by atoms with E-state index in [1.54, 1.807) is 0 Å². The first-order valence-electron chi connectivity index (χ1n) is 8.68. The quantitative estimate of drug-likeness (QED) is 0.829. The molecule has 120 valence electrons. The van der Waals surface area contributed by atoms with Gasteiger partial charge in [0.15, 0.2) is 0 Å². The van der Waals surface area contributed by atoms with Crippen LogP contribution in [0.15, 0.2) is 6.20 Å². The Labute approximate surface area is 129 Å². The fraction of sp³-hybridized carbons (Fsp3) is 0.824. The summed E-state index contributed by atoms with van der Waals surface area (Å²) in [4.78, 5) is 7.19. The van der Waals surface area contributed by atoms with Crippen molar-refractivity contribution in [2.75, 3.05) is 25.0 Å². The molecule has 2 rings (SSSR count). The van der Waals surface area contributed by atoms with Crippen molar-refractivity contribution < 1.29 is 0 Å². The number of nitrogens with one attached hydrogen (secondary N) is 1. The lowest BCUT2D eigenvalue weighted by molar-refractivity contribution is 0.261. The Morgan fingerprint density at radius 1 is 1.29 bits per heavy atom. The van der Waals surface area contributed by atoms with E-state index in [0.29, 0.717) is 12.1 Å². The fourth-order valence-electron chi connectivity index (χ4n) is 3.33. The largest absolute Gasteiger partial charge is 0.353 e. The average Bonchev–Trinajstić information content (AvgIpc) is 2.86. The summed E-state index contributed by atoms with van der Waals surface area (Å²) in [5, 5.41) is 3.69. The SMILES string of the molecule is CCN(CC)CC(C)n1cc(C)nc1NC1CCCCC1. The molecule has 1 aromatic heterocycles. The molecule has 0 aromatic carbocycles. The zero-order valence-corrected chi connectivity index (χ0v) is 14.2. The van der Waals surface area contributed by atoms with Crippen molar-refractivity contribution in [2.45, 2.75) is 71.9 Å². The molecular formula is C17H32N4. The van der Waals surface area contributed by atoms with Crippen molar-refractivity contribution in [3.8, 4) is 0 Å². The predicted octanol–water partition coefficient (Wildman–Crippen LogP) is 3.84. The zero-order chi connectivity index (χ0) is 15.2. The van der Waals surface area contributed by atoms with Gasteiger partial charge >= 0.3 is 0 Å². The topological polar surface area (TPSA) is 33.1 Å². The molecule has 4 nitrogen and oxygen atoms in total. The Morgan fingerprint density at radius 2 is 1.95 bits per heavy atom. The average molecular weight is 292 g/mol. The highest BCUT2D eigenvalue weighted by Crippen LogP contribution is 2.23. The maximum Gasteiger partial charge on any atom is 0.203 e. The van der Waals surface area contributed by atoms with Gasteiger partial charge in [0.2, 0.25) is 5.95 Å². The fourth-order valence-corrected chi connectivity index (χ4v) is 3.33. The Morgan fingerprint density at radius 3 is 2.57 bits per heavy atom. The lowest BCUT2D eigenvalue weighted by Crippen LogP contribution is -2.31. The Balaban J connectivity index is 2.04. The van der Waals surface area contributed by atoms with Gasteiger partial charge in [0, 0.05) is 24.8 Å². The summed E-state index contributed by atoms with van der Waals surface area (Å²) >= 11 is 0. The molecule has 0 aliphatic heterocycles. The Kier molecular flexibility index (Phi) is 6.09. The van der Waals surface area contributed by atoms with Gasteiger partial charge in [-0.15, -0.1) is 0 Å². The highest BCUT2D eigenvalue weighted by Gasteiger charge is 2.18. The molecular weight excluding hydrogens is 260 g/mol. The van der Waals surface area contributed by atoms with Crippen LogP contribution in [0.4, 0.5) is 5.95 Å². The van der Waals surface area contributed by atoms with E-state index < -0.39 is 0 Å². The molecule has 0 amide bonds. The van der Waals surface area contributed by atoms with E-state index in [-0.39, 0.29) is 0 Å². The minimum absolute atomic E-state index is 0.456. The molecule has 0 spiro atoms. The molecule has 1 unspecified atom stereocenters. The maximum atomic E-state index is 4.72. The van der Waals surface area contributed by atoms with Crippen LogP contribution in [0.5, 0.6) is 0 Å². The van der Waals surface area contributed by atoms with Crippen molar-refractivity contribution in [2.24, 2.45) is 0 Å². The van der Waals surface area contributed by atoms with Crippen molar-refractivity contribution >= 4 is 5.95 Å². The van der Waals surface area contributed by atoms with Gasteiger partial charge in [0.25, 0.3) is 0 Å². The predicted molar refractivity (Wildman–Crippen MR) is 90.0 cm³/mol. The first-order valence-corrected chi connectivity index (χ1v) is 8.68. The Hall–Kier alpha value is -1.03. The highest BCUT2D eigenvalue weighted by atomic mass is 15.2. The number of likely N-dealkylation sites (N-methyl/N-ethyl adjacent to an activating group) is 1. The summed E-state index contributed by atoms with van der Waals surface area (Å²) < 4.78 is 2.34. The van der Waals surface area contributed by atoms with E-state index in [9.17, 15) is 0 Å². The van der Waals surface area contributed by atoms with Crippen LogP contribution in [0.1, 0.15) is 64.6 Å². The molecule has 4 heteroatoms. The molecule has 0 radical (unpaired) electrons. The van der Waals surface area contributed by atoms with E-state index >= 15 is 0 Å². The normalized spacial score (nSPS) is 18.1. The number of nitrogens with zero attached hydrogens (tertiary/aromatic N) is 3. The van der Waals surface area contributed by atoms with E-state index in [0.717, 1.165) is 31.3 Å². The number of hydrogen-bond acceptors (Lipinski definition) is 3. The van der Waals surface area contributed by atoms with Gasteiger partial charge < -0.3 is 14.8 Å². The van der Waals surface area contributed by atoms with Gasteiger partial charge in [-0.25, -0.2) is 4.98 Å². The molecule has 1 aromatic rings. The minimum Gasteiger partial charge on any atom is -0.353 e. The summed E-state index contributed by atoms with van der Waals surface area (Å²) in [5.41, 5.74) is 1.11. The van der Waals surface area contributed by atoms with E-state index in [4.69, 9.17) is 4.98 Å². The van der Waals surface area contributed by atoms with Crippen molar-refractivity contribution in [3.05, 3.63) is 11.9 Å². The van der Waals surface area contributed by atoms with Crippen LogP contribution in [0.3, 0.4) is 0 Å². The molecule has 1 aliphatic carbocycles. The van der Waals surface area contributed by atoms with Crippen molar-refractivity contribution in [1.82, 2.24) is 14.5 Å². The highest BCUT2D eigenvalue weighted by molar-refractivity contribution is 5.31. The number of imidazole rings is 1. The van der Waals surface area contributed by atoms with Crippen LogP contribution in [-0.2, 0) is 0 Å². The summed E-state index contributed by atoms with van der Waals surface area (Å²) in [5.74, 6) is 1.07. The third kappa shape index (κ3) is 4.47. The molecule has 1 fully saturated rings. The van der Waals surface area contributed by atoms with Gasteiger partial charge in [-0.05, 0) is 39.8 Å². The second-order valence-electron chi connectivity index (χ2n) is 6.43.